The fraction of sp³-hybridized carbons (Fsp3) is 0.333. The van der Waals surface area contributed by atoms with Crippen LogP contribution in [0.4, 0.5) is 5.69 Å². The van der Waals surface area contributed by atoms with Crippen molar-refractivity contribution >= 4 is 17.5 Å². The molecule has 0 saturated heterocycles. The van der Waals surface area contributed by atoms with Gasteiger partial charge in [-0.15, -0.1) is 0 Å². The monoisotopic (exact) mass is 252 g/mol. The van der Waals surface area contributed by atoms with E-state index in [9.17, 15) is 9.59 Å². The van der Waals surface area contributed by atoms with Crippen molar-refractivity contribution in [2.75, 3.05) is 26.1 Å². The smallest absolute Gasteiger partial charge is 0.313 e. The van der Waals surface area contributed by atoms with Gasteiger partial charge in [0.1, 0.15) is 11.5 Å². The first kappa shape index (κ1) is 13.8. The molecule has 18 heavy (non-hydrogen) atoms. The van der Waals surface area contributed by atoms with E-state index in [-0.39, 0.29) is 0 Å². The summed E-state index contributed by atoms with van der Waals surface area (Å²) in [5.74, 6) is -0.398. The van der Waals surface area contributed by atoms with E-state index < -0.39 is 11.8 Å². The third-order valence-electron chi connectivity index (χ3n) is 2.20. The van der Waals surface area contributed by atoms with E-state index in [0.29, 0.717) is 23.7 Å². The van der Waals surface area contributed by atoms with Crippen molar-refractivity contribution in [2.45, 2.75) is 6.92 Å². The van der Waals surface area contributed by atoms with E-state index in [1.54, 1.807) is 25.1 Å². The molecule has 0 unspecified atom stereocenters. The Morgan fingerprint density at radius 1 is 1.17 bits per heavy atom. The van der Waals surface area contributed by atoms with Crippen LogP contribution in [0.3, 0.4) is 0 Å². The molecular weight excluding hydrogens is 236 g/mol. The van der Waals surface area contributed by atoms with Gasteiger partial charge in [0.25, 0.3) is 0 Å². The normalized spacial score (nSPS) is 9.50. The molecule has 0 saturated carbocycles. The number of amides is 2. The summed E-state index contributed by atoms with van der Waals surface area (Å²) >= 11 is 0. The van der Waals surface area contributed by atoms with Gasteiger partial charge in [-0.25, -0.2) is 0 Å². The van der Waals surface area contributed by atoms with Crippen LogP contribution >= 0.6 is 0 Å². The third kappa shape index (κ3) is 3.38. The Morgan fingerprint density at radius 3 is 2.44 bits per heavy atom. The zero-order valence-electron chi connectivity index (χ0n) is 10.6. The molecule has 6 heteroatoms. The summed E-state index contributed by atoms with van der Waals surface area (Å²) in [6.45, 7) is 2.13. The Hall–Kier alpha value is -2.24. The molecule has 0 bridgehead atoms. The number of methoxy groups -OCH3 is 2. The third-order valence-corrected chi connectivity index (χ3v) is 2.20. The summed E-state index contributed by atoms with van der Waals surface area (Å²) in [4.78, 5) is 22.8. The average molecular weight is 252 g/mol. The fourth-order valence-electron chi connectivity index (χ4n) is 1.32. The first-order chi connectivity index (χ1) is 8.62. The second-order valence-corrected chi connectivity index (χ2v) is 3.38. The maximum absolute atomic E-state index is 11.5. The molecule has 0 aliphatic heterocycles. The lowest BCUT2D eigenvalue weighted by molar-refractivity contribution is -0.136. The van der Waals surface area contributed by atoms with Crippen LogP contribution in [0.15, 0.2) is 18.2 Å². The van der Waals surface area contributed by atoms with Gasteiger partial charge < -0.3 is 20.1 Å². The highest BCUT2D eigenvalue weighted by Crippen LogP contribution is 2.28. The Morgan fingerprint density at radius 2 is 1.89 bits per heavy atom. The summed E-state index contributed by atoms with van der Waals surface area (Å²) in [6, 6.07) is 4.89. The number of hydrogen-bond donors (Lipinski definition) is 2. The van der Waals surface area contributed by atoms with E-state index >= 15 is 0 Å². The molecule has 0 spiro atoms. The molecule has 6 nitrogen and oxygen atoms in total. The number of benzene rings is 1. The largest absolute Gasteiger partial charge is 0.497 e. The molecule has 0 radical (unpaired) electrons. The van der Waals surface area contributed by atoms with Crippen LogP contribution in [-0.2, 0) is 9.59 Å². The molecule has 2 amide bonds. The summed E-state index contributed by atoms with van der Waals surface area (Å²) < 4.78 is 10.1. The Labute approximate surface area is 105 Å². The van der Waals surface area contributed by atoms with E-state index in [2.05, 4.69) is 10.6 Å². The van der Waals surface area contributed by atoms with Crippen LogP contribution in [-0.4, -0.2) is 32.6 Å². The molecule has 1 rings (SSSR count). The van der Waals surface area contributed by atoms with Crippen LogP contribution in [0.1, 0.15) is 6.92 Å². The van der Waals surface area contributed by atoms with Gasteiger partial charge in [-0.2, -0.15) is 0 Å². The van der Waals surface area contributed by atoms with Gasteiger partial charge in [0, 0.05) is 12.6 Å². The van der Waals surface area contributed by atoms with Crippen molar-refractivity contribution in [3.63, 3.8) is 0 Å². The van der Waals surface area contributed by atoms with E-state index in [1.165, 1.54) is 14.2 Å². The standard InChI is InChI=1S/C12H16N2O4/c1-4-13-11(15)12(16)14-9-6-5-8(17-2)7-10(9)18-3/h5-7H,4H2,1-3H3,(H,13,15)(H,14,16). The number of carbonyl (C=O) groups is 2. The lowest BCUT2D eigenvalue weighted by atomic mass is 10.2. The van der Waals surface area contributed by atoms with Crippen LogP contribution in [0.25, 0.3) is 0 Å². The lowest BCUT2D eigenvalue weighted by Crippen LogP contribution is -2.35. The summed E-state index contributed by atoms with van der Waals surface area (Å²) in [5.41, 5.74) is 0.412. The van der Waals surface area contributed by atoms with Crippen molar-refractivity contribution in [3.8, 4) is 11.5 Å². The van der Waals surface area contributed by atoms with Gasteiger partial charge in [-0.3, -0.25) is 9.59 Å². The van der Waals surface area contributed by atoms with Gasteiger partial charge in [0.05, 0.1) is 19.9 Å². The molecule has 0 fully saturated rings. The van der Waals surface area contributed by atoms with Gasteiger partial charge in [0.2, 0.25) is 0 Å². The maximum Gasteiger partial charge on any atom is 0.313 e. The second-order valence-electron chi connectivity index (χ2n) is 3.38. The topological polar surface area (TPSA) is 76.7 Å². The zero-order chi connectivity index (χ0) is 13.5. The predicted octanol–water partition coefficient (Wildman–Crippen LogP) is 0.778. The van der Waals surface area contributed by atoms with Crippen LogP contribution in [0.5, 0.6) is 11.5 Å². The number of rotatable bonds is 4. The second kappa shape index (κ2) is 6.48. The highest BCUT2D eigenvalue weighted by atomic mass is 16.5. The maximum atomic E-state index is 11.5. The molecule has 0 aliphatic carbocycles. The average Bonchev–Trinajstić information content (AvgIpc) is 2.39. The minimum Gasteiger partial charge on any atom is -0.497 e. The van der Waals surface area contributed by atoms with Gasteiger partial charge >= 0.3 is 11.8 Å². The Bertz CT molecular complexity index is 446. The number of likely N-dealkylation sites (N-methyl/N-ethyl adjacent to an activating group) is 1. The molecule has 0 aromatic heterocycles. The Kier molecular flexibility index (Phi) is 4.98. The van der Waals surface area contributed by atoms with Crippen molar-refractivity contribution < 1.29 is 19.1 Å². The first-order valence-electron chi connectivity index (χ1n) is 5.43. The molecule has 98 valence electrons. The molecule has 0 atom stereocenters. The molecule has 1 aromatic rings. The van der Waals surface area contributed by atoms with Crippen molar-refractivity contribution in [1.82, 2.24) is 5.32 Å². The van der Waals surface area contributed by atoms with Crippen LogP contribution in [0.2, 0.25) is 0 Å². The quantitative estimate of drug-likeness (QED) is 0.776. The van der Waals surface area contributed by atoms with Gasteiger partial charge in [-0.05, 0) is 19.1 Å². The molecular formula is C12H16N2O4. The minimum atomic E-state index is -0.736. The van der Waals surface area contributed by atoms with Crippen molar-refractivity contribution in [3.05, 3.63) is 18.2 Å². The SMILES string of the molecule is CCNC(=O)C(=O)Nc1ccc(OC)cc1OC. The van der Waals surface area contributed by atoms with E-state index in [0.717, 1.165) is 0 Å². The van der Waals surface area contributed by atoms with E-state index in [4.69, 9.17) is 9.47 Å². The number of ether oxygens (including phenoxy) is 2. The molecule has 0 heterocycles. The van der Waals surface area contributed by atoms with Gasteiger partial charge in [-0.1, -0.05) is 0 Å². The van der Waals surface area contributed by atoms with Crippen LogP contribution in [0, 0.1) is 0 Å². The minimum absolute atomic E-state index is 0.395. The Balaban J connectivity index is 2.84. The molecule has 2 N–H and O–H groups in total. The molecule has 0 aliphatic rings. The lowest BCUT2D eigenvalue weighted by Gasteiger charge is -2.11. The van der Waals surface area contributed by atoms with Crippen molar-refractivity contribution in [1.29, 1.82) is 0 Å². The molecule has 1 aromatic carbocycles. The number of anilines is 1. The highest BCUT2D eigenvalue weighted by Gasteiger charge is 2.15. The highest BCUT2D eigenvalue weighted by molar-refractivity contribution is 6.39. The van der Waals surface area contributed by atoms with Crippen molar-refractivity contribution in [2.24, 2.45) is 0 Å². The summed E-state index contributed by atoms with van der Waals surface area (Å²) in [7, 11) is 3.00. The van der Waals surface area contributed by atoms with Gasteiger partial charge in [0.15, 0.2) is 0 Å². The number of nitrogens with one attached hydrogen (secondary N) is 2. The summed E-state index contributed by atoms with van der Waals surface area (Å²) in [5, 5.41) is 4.87. The first-order valence-corrected chi connectivity index (χ1v) is 5.43. The number of carbonyl (C=O) groups excluding carboxylic acids is 2. The summed E-state index contributed by atoms with van der Waals surface area (Å²) in [6.07, 6.45) is 0. The predicted molar refractivity (Wildman–Crippen MR) is 66.9 cm³/mol. The van der Waals surface area contributed by atoms with E-state index in [1.807, 2.05) is 0 Å². The van der Waals surface area contributed by atoms with Crippen LogP contribution < -0.4 is 20.1 Å². The fourth-order valence-corrected chi connectivity index (χ4v) is 1.32. The zero-order valence-corrected chi connectivity index (χ0v) is 10.6. The number of hydrogen-bond acceptors (Lipinski definition) is 4.